The van der Waals surface area contributed by atoms with E-state index in [-0.39, 0.29) is 43.8 Å². The Hall–Kier alpha value is -4.89. The van der Waals surface area contributed by atoms with E-state index in [9.17, 15) is 42.3 Å². The predicted octanol–water partition coefficient (Wildman–Crippen LogP) is 1.75. The van der Waals surface area contributed by atoms with Crippen LogP contribution in [0.4, 0.5) is 8.78 Å². The zero-order chi connectivity index (χ0) is 39.7. The molecular formula is C38H52F2N6O8. The second-order valence-electron chi connectivity index (χ2n) is 14.3. The summed E-state index contributed by atoms with van der Waals surface area (Å²) in [5, 5.41) is 7.77. The molecule has 296 valence electrons. The number of nitrogens with one attached hydrogen (secondary N) is 3. The van der Waals surface area contributed by atoms with Crippen molar-refractivity contribution in [2.24, 2.45) is 5.92 Å². The third kappa shape index (κ3) is 10.4. The number of rotatable bonds is 10. The van der Waals surface area contributed by atoms with Crippen LogP contribution in [0, 0.1) is 17.6 Å². The highest BCUT2D eigenvalue weighted by Crippen LogP contribution is 2.28. The van der Waals surface area contributed by atoms with Gasteiger partial charge in [0.15, 0.2) is 0 Å². The third-order valence-corrected chi connectivity index (χ3v) is 10.4. The van der Waals surface area contributed by atoms with Gasteiger partial charge in [-0.3, -0.25) is 28.8 Å². The van der Waals surface area contributed by atoms with Crippen molar-refractivity contribution in [1.82, 2.24) is 30.7 Å². The van der Waals surface area contributed by atoms with Crippen molar-refractivity contribution in [2.75, 3.05) is 26.7 Å². The predicted molar refractivity (Wildman–Crippen MR) is 192 cm³/mol. The number of ether oxygens (including phenoxy) is 1. The lowest BCUT2D eigenvalue weighted by atomic mass is 10.0. The van der Waals surface area contributed by atoms with E-state index >= 15 is 0 Å². The number of carbonyl (C=O) groups is 7. The number of fused-ring (bicyclic) bond motifs is 2. The number of hydrogen-bond donors (Lipinski definition) is 3. The van der Waals surface area contributed by atoms with E-state index in [0.717, 1.165) is 25.0 Å². The highest BCUT2D eigenvalue weighted by atomic mass is 19.1. The molecule has 3 aliphatic heterocycles. The Morgan fingerprint density at radius 3 is 2.37 bits per heavy atom. The standard InChI is InChI=1S/C38H52F2N6O8/c1-6-8-9-10-13-32(47)42-28(17-25-15-26(39)19-27(40)16-25)34(49)43-29-21-54-38(53)31-18-24(7-2)20-46(31)35(50)22(3)41-33(48)23(4)44(5)37(52)30-12-11-14-45(30)36(29)51/h10,13,15-16,19,22-24,28-31H,6-9,11-12,14,17-18,20-21H2,1-5H3,(H,41,48)(H,42,47)(H,43,49)/b13-10+/t22-,23-,24+,28-,29-,30-,31-/m0/s1. The van der Waals surface area contributed by atoms with Crippen LogP contribution in [-0.4, -0.2) is 119 Å². The molecule has 0 bridgehead atoms. The molecule has 0 spiro atoms. The Bertz CT molecular complexity index is 1600. The number of unbranched alkanes of at least 4 members (excludes halogenated alkanes) is 2. The first-order valence-electron chi connectivity index (χ1n) is 18.7. The lowest BCUT2D eigenvalue weighted by Crippen LogP contribution is -2.60. The second-order valence-corrected chi connectivity index (χ2v) is 14.3. The summed E-state index contributed by atoms with van der Waals surface area (Å²) in [4.78, 5) is 99.3. The minimum Gasteiger partial charge on any atom is -0.461 e. The topological polar surface area (TPSA) is 175 Å². The van der Waals surface area contributed by atoms with E-state index in [1.807, 2.05) is 13.8 Å². The van der Waals surface area contributed by atoms with E-state index in [4.69, 9.17) is 4.74 Å². The fourth-order valence-electron chi connectivity index (χ4n) is 7.03. The zero-order valence-corrected chi connectivity index (χ0v) is 31.6. The number of hydrogen-bond acceptors (Lipinski definition) is 8. The van der Waals surface area contributed by atoms with E-state index in [1.165, 1.54) is 41.7 Å². The maximum atomic E-state index is 14.3. The summed E-state index contributed by atoms with van der Waals surface area (Å²) in [6.07, 6.45) is 6.45. The summed E-state index contributed by atoms with van der Waals surface area (Å²) in [6.45, 7) is 6.57. The quantitative estimate of drug-likeness (QED) is 0.184. The summed E-state index contributed by atoms with van der Waals surface area (Å²) in [6, 6.07) is -4.40. The van der Waals surface area contributed by atoms with Gasteiger partial charge >= 0.3 is 5.97 Å². The van der Waals surface area contributed by atoms with E-state index < -0.39 is 95.9 Å². The van der Waals surface area contributed by atoms with Gasteiger partial charge in [-0.05, 0) is 69.2 Å². The number of benzene rings is 1. The number of halogens is 2. The van der Waals surface area contributed by atoms with Crippen molar-refractivity contribution in [1.29, 1.82) is 0 Å². The van der Waals surface area contributed by atoms with Crippen molar-refractivity contribution in [3.8, 4) is 0 Å². The highest BCUT2D eigenvalue weighted by Gasteiger charge is 2.45. The Labute approximate surface area is 314 Å². The summed E-state index contributed by atoms with van der Waals surface area (Å²) in [7, 11) is 1.42. The van der Waals surface area contributed by atoms with Crippen molar-refractivity contribution < 1.29 is 47.1 Å². The van der Waals surface area contributed by atoms with Crippen LogP contribution in [0.1, 0.15) is 78.2 Å². The Morgan fingerprint density at radius 2 is 1.70 bits per heavy atom. The van der Waals surface area contributed by atoms with Crippen LogP contribution >= 0.6 is 0 Å². The molecule has 3 saturated heterocycles. The van der Waals surface area contributed by atoms with Crippen LogP contribution < -0.4 is 16.0 Å². The Balaban J connectivity index is 1.68. The van der Waals surface area contributed by atoms with Crippen molar-refractivity contribution in [3.05, 3.63) is 47.5 Å². The smallest absolute Gasteiger partial charge is 0.328 e. The largest absolute Gasteiger partial charge is 0.461 e. The lowest BCUT2D eigenvalue weighted by molar-refractivity contribution is -0.158. The van der Waals surface area contributed by atoms with Crippen molar-refractivity contribution >= 4 is 41.4 Å². The molecule has 3 aliphatic rings. The molecule has 6 amide bonds. The molecular weight excluding hydrogens is 706 g/mol. The zero-order valence-electron chi connectivity index (χ0n) is 31.6. The van der Waals surface area contributed by atoms with Crippen LogP contribution in [0.3, 0.4) is 0 Å². The molecule has 54 heavy (non-hydrogen) atoms. The fraction of sp³-hybridized carbons (Fsp3) is 0.605. The molecule has 16 heteroatoms. The molecule has 0 unspecified atom stereocenters. The summed E-state index contributed by atoms with van der Waals surface area (Å²) in [5.74, 6) is -6.65. The maximum Gasteiger partial charge on any atom is 0.328 e. The molecule has 1 aromatic rings. The average molecular weight is 759 g/mol. The third-order valence-electron chi connectivity index (χ3n) is 10.4. The van der Waals surface area contributed by atoms with Gasteiger partial charge in [0.1, 0.15) is 54.5 Å². The van der Waals surface area contributed by atoms with Gasteiger partial charge in [-0.15, -0.1) is 0 Å². The highest BCUT2D eigenvalue weighted by molar-refractivity contribution is 5.98. The number of likely N-dealkylation sites (N-methyl/N-ethyl adjacent to an activating group) is 1. The lowest BCUT2D eigenvalue weighted by Gasteiger charge is -2.34. The molecule has 0 radical (unpaired) electrons. The van der Waals surface area contributed by atoms with Gasteiger partial charge in [0.2, 0.25) is 35.4 Å². The minimum atomic E-state index is -1.57. The van der Waals surface area contributed by atoms with E-state index in [2.05, 4.69) is 16.0 Å². The molecule has 3 heterocycles. The van der Waals surface area contributed by atoms with Gasteiger partial charge in [-0.2, -0.15) is 0 Å². The maximum absolute atomic E-state index is 14.3. The Kier molecular flexibility index (Phi) is 14.7. The summed E-state index contributed by atoms with van der Waals surface area (Å²) >= 11 is 0. The molecule has 0 aliphatic carbocycles. The van der Waals surface area contributed by atoms with Crippen LogP contribution in [0.5, 0.6) is 0 Å². The number of esters is 1. The van der Waals surface area contributed by atoms with E-state index in [0.29, 0.717) is 25.3 Å². The molecule has 7 atom stereocenters. The van der Waals surface area contributed by atoms with Gasteiger partial charge in [0, 0.05) is 32.6 Å². The van der Waals surface area contributed by atoms with Crippen LogP contribution in [0.2, 0.25) is 0 Å². The van der Waals surface area contributed by atoms with Crippen LogP contribution in [0.15, 0.2) is 30.4 Å². The van der Waals surface area contributed by atoms with Crippen molar-refractivity contribution in [3.63, 3.8) is 0 Å². The first-order chi connectivity index (χ1) is 25.6. The molecule has 3 fully saturated rings. The number of amides is 6. The SMILES string of the molecule is CCCC/C=C/C(=O)N[C@@H](Cc1cc(F)cc(F)c1)C(=O)N[C@H]1COC(=O)[C@@H]2C[C@@H](CC)CN2C(=O)[C@H](C)NC(=O)[C@H](C)N(C)C(=O)[C@@H]2CCCN2C1=O. The first-order valence-corrected chi connectivity index (χ1v) is 18.7. The number of cyclic esters (lactones) is 1. The minimum absolute atomic E-state index is 0.0466. The summed E-state index contributed by atoms with van der Waals surface area (Å²) in [5.41, 5.74) is 0.0516. The normalized spacial score (nSPS) is 26.4. The van der Waals surface area contributed by atoms with Gasteiger partial charge in [0.05, 0.1) is 0 Å². The van der Waals surface area contributed by atoms with Gasteiger partial charge < -0.3 is 35.4 Å². The van der Waals surface area contributed by atoms with E-state index in [1.54, 1.807) is 6.08 Å². The molecule has 14 nitrogen and oxygen atoms in total. The molecule has 0 saturated carbocycles. The average Bonchev–Trinajstić information content (AvgIpc) is 3.80. The molecule has 1 aromatic carbocycles. The molecule has 3 N–H and O–H groups in total. The molecule has 0 aromatic heterocycles. The van der Waals surface area contributed by atoms with Crippen molar-refractivity contribution in [2.45, 2.75) is 115 Å². The number of allylic oxidation sites excluding steroid dienone is 1. The van der Waals surface area contributed by atoms with Crippen LogP contribution in [0.25, 0.3) is 0 Å². The Morgan fingerprint density at radius 1 is 1.00 bits per heavy atom. The summed E-state index contributed by atoms with van der Waals surface area (Å²) < 4.78 is 34.0. The fourth-order valence-corrected chi connectivity index (χ4v) is 7.03. The monoisotopic (exact) mass is 758 g/mol. The molecule has 4 rings (SSSR count). The van der Waals surface area contributed by atoms with Gasteiger partial charge in [-0.1, -0.05) is 39.2 Å². The second kappa shape index (κ2) is 18.9. The van der Waals surface area contributed by atoms with Gasteiger partial charge in [-0.25, -0.2) is 13.6 Å². The number of carbonyl (C=O) groups excluding carboxylic acids is 7. The first kappa shape index (κ1) is 41.9. The number of nitrogens with zero attached hydrogens (tertiary/aromatic N) is 3. The van der Waals surface area contributed by atoms with Gasteiger partial charge in [0.25, 0.3) is 0 Å². The van der Waals surface area contributed by atoms with Crippen LogP contribution in [-0.2, 0) is 44.7 Å².